The third-order valence-electron chi connectivity index (χ3n) is 5.71. The quantitative estimate of drug-likeness (QED) is 0.798. The number of likely N-dealkylation sites (tertiary alicyclic amines) is 1. The van der Waals surface area contributed by atoms with Crippen molar-refractivity contribution >= 4 is 11.6 Å². The number of aryl methyl sites for hydroxylation is 2. The first kappa shape index (κ1) is 16.6. The SMILES string of the molecule is C[C@H]1C[C@H](C)CN(C(=O)c2cnn3c4c(cnc23)CCCCCC4)C1. The van der Waals surface area contributed by atoms with Gasteiger partial charge in [-0.05, 0) is 49.5 Å². The van der Waals surface area contributed by atoms with Gasteiger partial charge in [-0.3, -0.25) is 4.79 Å². The van der Waals surface area contributed by atoms with E-state index in [4.69, 9.17) is 0 Å². The van der Waals surface area contributed by atoms with Crippen LogP contribution in [0.2, 0.25) is 0 Å². The topological polar surface area (TPSA) is 50.5 Å². The standard InChI is InChI=1S/C20H28N4O/c1-14-9-15(2)13-23(12-14)20(25)17-11-22-24-18-8-6-4-3-5-7-16(18)10-21-19(17)24/h10-11,14-15H,3-9,12-13H2,1-2H3/t14-,15-/m0/s1. The number of amides is 1. The Morgan fingerprint density at radius 3 is 2.52 bits per heavy atom. The number of carbonyl (C=O) groups excluding carboxylic acids is 1. The maximum absolute atomic E-state index is 13.1. The molecule has 134 valence electrons. The minimum atomic E-state index is 0.0895. The monoisotopic (exact) mass is 340 g/mol. The number of hydrogen-bond acceptors (Lipinski definition) is 3. The molecule has 1 saturated heterocycles. The van der Waals surface area contributed by atoms with E-state index in [9.17, 15) is 4.79 Å². The van der Waals surface area contributed by atoms with Crippen LogP contribution < -0.4 is 0 Å². The van der Waals surface area contributed by atoms with E-state index >= 15 is 0 Å². The predicted octanol–water partition coefficient (Wildman–Crippen LogP) is 3.51. The number of hydrogen-bond donors (Lipinski definition) is 0. The maximum atomic E-state index is 13.1. The summed E-state index contributed by atoms with van der Waals surface area (Å²) >= 11 is 0. The fraction of sp³-hybridized carbons (Fsp3) is 0.650. The highest BCUT2D eigenvalue weighted by Gasteiger charge is 2.28. The first-order chi connectivity index (χ1) is 12.1. The first-order valence-corrected chi connectivity index (χ1v) is 9.77. The number of nitrogens with zero attached hydrogens (tertiary/aromatic N) is 4. The van der Waals surface area contributed by atoms with Crippen LogP contribution >= 0.6 is 0 Å². The summed E-state index contributed by atoms with van der Waals surface area (Å²) in [5, 5.41) is 4.56. The molecule has 0 saturated carbocycles. The Balaban J connectivity index is 1.69. The molecule has 0 spiro atoms. The highest BCUT2D eigenvalue weighted by molar-refractivity contribution is 5.99. The van der Waals surface area contributed by atoms with E-state index in [1.807, 2.05) is 15.6 Å². The summed E-state index contributed by atoms with van der Waals surface area (Å²) in [5.41, 5.74) is 3.94. The average Bonchev–Trinajstić information content (AvgIpc) is 2.97. The summed E-state index contributed by atoms with van der Waals surface area (Å²) in [6, 6.07) is 0. The van der Waals surface area contributed by atoms with Gasteiger partial charge in [0.25, 0.3) is 5.91 Å². The second-order valence-electron chi connectivity index (χ2n) is 8.09. The van der Waals surface area contributed by atoms with Gasteiger partial charge in [0.2, 0.25) is 0 Å². The third-order valence-corrected chi connectivity index (χ3v) is 5.71. The van der Waals surface area contributed by atoms with Gasteiger partial charge in [0.05, 0.1) is 6.20 Å². The van der Waals surface area contributed by atoms with Crippen molar-refractivity contribution in [3.05, 3.63) is 29.2 Å². The van der Waals surface area contributed by atoms with Gasteiger partial charge in [-0.25, -0.2) is 9.50 Å². The number of piperidine rings is 1. The van der Waals surface area contributed by atoms with E-state index in [-0.39, 0.29) is 5.91 Å². The minimum absolute atomic E-state index is 0.0895. The van der Waals surface area contributed by atoms with Gasteiger partial charge in [-0.15, -0.1) is 0 Å². The molecule has 0 aromatic carbocycles. The van der Waals surface area contributed by atoms with Gasteiger partial charge < -0.3 is 4.90 Å². The van der Waals surface area contributed by atoms with E-state index in [2.05, 4.69) is 23.9 Å². The number of rotatable bonds is 1. The van der Waals surface area contributed by atoms with Crippen molar-refractivity contribution in [1.82, 2.24) is 19.5 Å². The molecule has 25 heavy (non-hydrogen) atoms. The molecule has 1 aliphatic heterocycles. The fourth-order valence-electron chi connectivity index (χ4n) is 4.60. The summed E-state index contributed by atoms with van der Waals surface area (Å²) in [7, 11) is 0. The van der Waals surface area contributed by atoms with Crippen LogP contribution in [-0.4, -0.2) is 38.5 Å². The molecule has 2 aliphatic rings. The third kappa shape index (κ3) is 3.16. The summed E-state index contributed by atoms with van der Waals surface area (Å²) in [4.78, 5) is 19.7. The Morgan fingerprint density at radius 2 is 1.76 bits per heavy atom. The largest absolute Gasteiger partial charge is 0.338 e. The van der Waals surface area contributed by atoms with Crippen LogP contribution in [0.3, 0.4) is 0 Å². The molecule has 2 atom stereocenters. The van der Waals surface area contributed by atoms with Crippen molar-refractivity contribution in [2.75, 3.05) is 13.1 Å². The predicted molar refractivity (Wildman–Crippen MR) is 97.7 cm³/mol. The number of carbonyl (C=O) groups is 1. The molecule has 0 unspecified atom stereocenters. The molecule has 0 N–H and O–H groups in total. The van der Waals surface area contributed by atoms with Crippen molar-refractivity contribution in [1.29, 1.82) is 0 Å². The van der Waals surface area contributed by atoms with Gasteiger partial charge in [0.1, 0.15) is 5.56 Å². The lowest BCUT2D eigenvalue weighted by Crippen LogP contribution is -2.42. The molecule has 0 radical (unpaired) electrons. The van der Waals surface area contributed by atoms with E-state index in [0.29, 0.717) is 17.4 Å². The van der Waals surface area contributed by atoms with Crippen molar-refractivity contribution < 1.29 is 4.79 Å². The Kier molecular flexibility index (Phi) is 4.48. The minimum Gasteiger partial charge on any atom is -0.338 e. The fourth-order valence-corrected chi connectivity index (χ4v) is 4.60. The molecular formula is C20H28N4O. The molecule has 5 heteroatoms. The zero-order valence-electron chi connectivity index (χ0n) is 15.4. The lowest BCUT2D eigenvalue weighted by molar-refractivity contribution is 0.0625. The molecule has 1 fully saturated rings. The smallest absolute Gasteiger partial charge is 0.259 e. The van der Waals surface area contributed by atoms with Crippen molar-refractivity contribution in [2.24, 2.45) is 11.8 Å². The van der Waals surface area contributed by atoms with Crippen LogP contribution in [0, 0.1) is 11.8 Å². The molecule has 3 heterocycles. The van der Waals surface area contributed by atoms with Gasteiger partial charge in [0.15, 0.2) is 5.65 Å². The van der Waals surface area contributed by atoms with Crippen molar-refractivity contribution in [2.45, 2.75) is 58.8 Å². The normalized spacial score (nSPS) is 24.6. The van der Waals surface area contributed by atoms with Gasteiger partial charge in [0, 0.05) is 25.0 Å². The van der Waals surface area contributed by atoms with Crippen molar-refractivity contribution in [3.8, 4) is 0 Å². The number of fused-ring (bicyclic) bond motifs is 3. The summed E-state index contributed by atoms with van der Waals surface area (Å²) in [6.07, 6.45) is 12.0. The molecule has 1 amide bonds. The van der Waals surface area contributed by atoms with Gasteiger partial charge in [-0.1, -0.05) is 26.7 Å². The van der Waals surface area contributed by atoms with E-state index in [1.165, 1.54) is 43.4 Å². The maximum Gasteiger partial charge on any atom is 0.259 e. The molecule has 2 aromatic heterocycles. The van der Waals surface area contributed by atoms with Crippen LogP contribution in [0.1, 0.15) is 67.6 Å². The molecule has 2 aromatic rings. The van der Waals surface area contributed by atoms with Gasteiger partial charge in [-0.2, -0.15) is 5.10 Å². The van der Waals surface area contributed by atoms with Crippen LogP contribution in [0.4, 0.5) is 0 Å². The van der Waals surface area contributed by atoms with Gasteiger partial charge >= 0.3 is 0 Å². The zero-order chi connectivity index (χ0) is 17.4. The Labute approximate surface area is 149 Å². The Hall–Kier alpha value is -1.91. The molecule has 1 aliphatic carbocycles. The summed E-state index contributed by atoms with van der Waals surface area (Å²) in [6.45, 7) is 6.14. The van der Waals surface area contributed by atoms with Crippen molar-refractivity contribution in [3.63, 3.8) is 0 Å². The Morgan fingerprint density at radius 1 is 1.04 bits per heavy atom. The Bertz CT molecular complexity index is 771. The molecule has 5 nitrogen and oxygen atoms in total. The first-order valence-electron chi connectivity index (χ1n) is 9.77. The average molecular weight is 340 g/mol. The highest BCUT2D eigenvalue weighted by atomic mass is 16.2. The van der Waals surface area contributed by atoms with E-state index in [1.54, 1.807) is 6.20 Å². The van der Waals surface area contributed by atoms with Crippen LogP contribution in [0.25, 0.3) is 5.65 Å². The van der Waals surface area contributed by atoms with Crippen LogP contribution in [0.15, 0.2) is 12.4 Å². The van der Waals surface area contributed by atoms with Crippen LogP contribution in [0.5, 0.6) is 0 Å². The highest BCUT2D eigenvalue weighted by Crippen LogP contribution is 2.25. The second kappa shape index (κ2) is 6.77. The van der Waals surface area contributed by atoms with E-state index in [0.717, 1.165) is 31.6 Å². The second-order valence-corrected chi connectivity index (χ2v) is 8.09. The number of aromatic nitrogens is 3. The summed E-state index contributed by atoms with van der Waals surface area (Å²) in [5.74, 6) is 1.21. The molecule has 0 bridgehead atoms. The van der Waals surface area contributed by atoms with Crippen LogP contribution in [-0.2, 0) is 12.8 Å². The molecule has 4 rings (SSSR count). The zero-order valence-corrected chi connectivity index (χ0v) is 15.4. The summed E-state index contributed by atoms with van der Waals surface area (Å²) < 4.78 is 1.94. The molecular weight excluding hydrogens is 312 g/mol. The lowest BCUT2D eigenvalue weighted by Gasteiger charge is -2.34. The van der Waals surface area contributed by atoms with E-state index < -0.39 is 0 Å². The lowest BCUT2D eigenvalue weighted by atomic mass is 9.91.